The third kappa shape index (κ3) is 5.55. The van der Waals surface area contributed by atoms with Crippen LogP contribution in [0.15, 0.2) is 54.6 Å². The van der Waals surface area contributed by atoms with Gasteiger partial charge < -0.3 is 15.8 Å². The second-order valence-corrected chi connectivity index (χ2v) is 5.91. The lowest BCUT2D eigenvalue weighted by atomic mass is 9.94. The van der Waals surface area contributed by atoms with E-state index in [-0.39, 0.29) is 36.4 Å². The number of rotatable bonds is 6. The van der Waals surface area contributed by atoms with Crippen molar-refractivity contribution in [3.63, 3.8) is 0 Å². The molecule has 0 bridgehead atoms. The first-order valence-electron chi connectivity index (χ1n) is 7.85. The molecule has 0 radical (unpaired) electrons. The third-order valence-corrected chi connectivity index (χ3v) is 3.63. The van der Waals surface area contributed by atoms with Gasteiger partial charge in [-0.1, -0.05) is 37.3 Å². The molecule has 2 atom stereocenters. The van der Waals surface area contributed by atoms with Gasteiger partial charge in [0, 0.05) is 11.7 Å². The van der Waals surface area contributed by atoms with Gasteiger partial charge in [-0.3, -0.25) is 4.79 Å². The fourth-order valence-electron chi connectivity index (χ4n) is 2.27. The molecule has 0 heterocycles. The number of ether oxygens (including phenoxy) is 1. The summed E-state index contributed by atoms with van der Waals surface area (Å²) in [4.78, 5) is 12.4. The van der Waals surface area contributed by atoms with Crippen molar-refractivity contribution in [3.8, 4) is 5.75 Å². The first-order chi connectivity index (χ1) is 11.0. The topological polar surface area (TPSA) is 64.3 Å². The van der Waals surface area contributed by atoms with Gasteiger partial charge in [0.05, 0.1) is 12.0 Å². The molecule has 0 aliphatic carbocycles. The minimum absolute atomic E-state index is 0. The van der Waals surface area contributed by atoms with Crippen LogP contribution in [0, 0.1) is 5.92 Å². The summed E-state index contributed by atoms with van der Waals surface area (Å²) in [7, 11) is 0. The highest BCUT2D eigenvalue weighted by Gasteiger charge is 2.22. The summed E-state index contributed by atoms with van der Waals surface area (Å²) in [5.41, 5.74) is 7.88. The van der Waals surface area contributed by atoms with E-state index in [9.17, 15) is 4.79 Å². The highest BCUT2D eigenvalue weighted by atomic mass is 35.5. The van der Waals surface area contributed by atoms with E-state index < -0.39 is 0 Å². The quantitative estimate of drug-likeness (QED) is 0.823. The van der Waals surface area contributed by atoms with Gasteiger partial charge in [0.1, 0.15) is 5.75 Å². The van der Waals surface area contributed by atoms with Crippen molar-refractivity contribution in [3.05, 3.63) is 60.2 Å². The van der Waals surface area contributed by atoms with Crippen molar-refractivity contribution in [2.45, 2.75) is 32.9 Å². The van der Waals surface area contributed by atoms with Crippen molar-refractivity contribution in [2.24, 2.45) is 11.7 Å². The van der Waals surface area contributed by atoms with Gasteiger partial charge in [-0.05, 0) is 43.7 Å². The van der Waals surface area contributed by atoms with Crippen LogP contribution in [-0.2, 0) is 4.79 Å². The molecule has 3 N–H and O–H groups in total. The zero-order valence-corrected chi connectivity index (χ0v) is 15.0. The van der Waals surface area contributed by atoms with Crippen LogP contribution in [0.25, 0.3) is 0 Å². The number of nitrogens with one attached hydrogen (secondary N) is 1. The molecule has 0 aliphatic heterocycles. The predicted octanol–water partition coefficient (Wildman–Crippen LogP) is 4.17. The summed E-state index contributed by atoms with van der Waals surface area (Å²) in [5.74, 6) is 0.356. The largest absolute Gasteiger partial charge is 0.491 e. The van der Waals surface area contributed by atoms with Gasteiger partial charge in [-0.25, -0.2) is 0 Å². The number of halogens is 1. The molecule has 0 saturated heterocycles. The van der Waals surface area contributed by atoms with Gasteiger partial charge in [0.25, 0.3) is 0 Å². The van der Waals surface area contributed by atoms with Crippen LogP contribution in [0.1, 0.15) is 32.4 Å². The Labute approximate surface area is 149 Å². The van der Waals surface area contributed by atoms with Crippen LogP contribution in [0.2, 0.25) is 0 Å². The number of carbonyl (C=O) groups is 1. The number of hydrogen-bond donors (Lipinski definition) is 2. The van der Waals surface area contributed by atoms with E-state index in [2.05, 4.69) is 5.32 Å². The van der Waals surface area contributed by atoms with Gasteiger partial charge in [0.2, 0.25) is 5.91 Å². The van der Waals surface area contributed by atoms with E-state index in [0.29, 0.717) is 0 Å². The zero-order chi connectivity index (χ0) is 16.8. The monoisotopic (exact) mass is 348 g/mol. The first-order valence-corrected chi connectivity index (χ1v) is 7.85. The minimum Gasteiger partial charge on any atom is -0.491 e. The highest BCUT2D eigenvalue weighted by molar-refractivity contribution is 5.92. The Morgan fingerprint density at radius 1 is 1.00 bits per heavy atom. The van der Waals surface area contributed by atoms with Crippen LogP contribution >= 0.6 is 12.4 Å². The van der Waals surface area contributed by atoms with Crippen LogP contribution in [-0.4, -0.2) is 12.0 Å². The molecular weight excluding hydrogens is 324 g/mol. The fourth-order valence-corrected chi connectivity index (χ4v) is 2.27. The maximum atomic E-state index is 12.4. The molecule has 0 aromatic heterocycles. The first kappa shape index (κ1) is 20.0. The second-order valence-electron chi connectivity index (χ2n) is 5.91. The molecule has 1 amide bonds. The summed E-state index contributed by atoms with van der Waals surface area (Å²) in [6.07, 6.45) is 0.124. The molecular formula is C19H25ClN2O2. The summed E-state index contributed by atoms with van der Waals surface area (Å²) in [6.45, 7) is 5.79. The second kappa shape index (κ2) is 9.30. The van der Waals surface area contributed by atoms with Gasteiger partial charge in [-0.2, -0.15) is 0 Å². The Hall–Kier alpha value is -2.04. The molecule has 0 spiro atoms. The van der Waals surface area contributed by atoms with Crippen molar-refractivity contribution in [2.75, 3.05) is 5.32 Å². The molecule has 2 unspecified atom stereocenters. The molecule has 4 nitrogen and oxygen atoms in total. The normalized spacial score (nSPS) is 12.9. The maximum Gasteiger partial charge on any atom is 0.229 e. The van der Waals surface area contributed by atoms with Crippen molar-refractivity contribution in [1.29, 1.82) is 0 Å². The number of anilines is 1. The van der Waals surface area contributed by atoms with E-state index >= 15 is 0 Å². The summed E-state index contributed by atoms with van der Waals surface area (Å²) < 4.78 is 5.58. The third-order valence-electron chi connectivity index (χ3n) is 3.63. The van der Waals surface area contributed by atoms with E-state index in [1.807, 2.05) is 75.4 Å². The van der Waals surface area contributed by atoms with E-state index in [1.165, 1.54) is 0 Å². The molecule has 24 heavy (non-hydrogen) atoms. The Balaban J connectivity index is 0.00000288. The molecule has 0 saturated carbocycles. The Bertz CT molecular complexity index is 630. The van der Waals surface area contributed by atoms with Crippen LogP contribution in [0.4, 0.5) is 5.69 Å². The average Bonchev–Trinajstić information content (AvgIpc) is 2.55. The zero-order valence-electron chi connectivity index (χ0n) is 14.2. The summed E-state index contributed by atoms with van der Waals surface area (Å²) in [6, 6.07) is 16.7. The van der Waals surface area contributed by atoms with E-state index in [1.54, 1.807) is 0 Å². The van der Waals surface area contributed by atoms with E-state index in [0.717, 1.165) is 17.0 Å². The number of amides is 1. The van der Waals surface area contributed by atoms with Crippen molar-refractivity contribution in [1.82, 2.24) is 0 Å². The molecule has 5 heteroatoms. The smallest absolute Gasteiger partial charge is 0.229 e. The Kier molecular flexibility index (Phi) is 7.75. The average molecular weight is 349 g/mol. The number of carbonyl (C=O) groups excluding carboxylic acids is 1. The number of benzene rings is 2. The van der Waals surface area contributed by atoms with Crippen LogP contribution in [0.3, 0.4) is 0 Å². The van der Waals surface area contributed by atoms with Gasteiger partial charge in [0.15, 0.2) is 0 Å². The minimum atomic E-state index is -0.334. The molecule has 0 aliphatic rings. The highest BCUT2D eigenvalue weighted by Crippen LogP contribution is 2.22. The Morgan fingerprint density at radius 3 is 2.12 bits per heavy atom. The van der Waals surface area contributed by atoms with Crippen molar-refractivity contribution < 1.29 is 9.53 Å². The predicted molar refractivity (Wildman–Crippen MR) is 101 cm³/mol. The molecule has 2 aromatic carbocycles. The van der Waals surface area contributed by atoms with Gasteiger partial charge in [-0.15, -0.1) is 12.4 Å². The molecule has 2 aromatic rings. The van der Waals surface area contributed by atoms with Crippen molar-refractivity contribution >= 4 is 24.0 Å². The summed E-state index contributed by atoms with van der Waals surface area (Å²) >= 11 is 0. The Morgan fingerprint density at radius 2 is 1.58 bits per heavy atom. The molecule has 2 rings (SSSR count). The van der Waals surface area contributed by atoms with Gasteiger partial charge >= 0.3 is 0 Å². The molecule has 0 fully saturated rings. The number of nitrogens with two attached hydrogens (primary N) is 1. The SMILES string of the molecule is CC(C)Oc1ccc(NC(=O)C(C)C(N)c2ccccc2)cc1.Cl. The molecule has 130 valence electrons. The maximum absolute atomic E-state index is 12.4. The fraction of sp³-hybridized carbons (Fsp3) is 0.316. The lowest BCUT2D eigenvalue weighted by molar-refractivity contribution is -0.120. The number of hydrogen-bond acceptors (Lipinski definition) is 3. The lowest BCUT2D eigenvalue weighted by Gasteiger charge is -2.20. The van der Waals surface area contributed by atoms with Crippen LogP contribution in [0.5, 0.6) is 5.75 Å². The summed E-state index contributed by atoms with van der Waals surface area (Å²) in [5, 5.41) is 2.90. The van der Waals surface area contributed by atoms with E-state index in [4.69, 9.17) is 10.5 Å². The standard InChI is InChI=1S/C19H24N2O2.ClH/c1-13(2)23-17-11-9-16(10-12-17)21-19(22)14(3)18(20)15-7-5-4-6-8-15;/h4-14,18H,20H2,1-3H3,(H,21,22);1H. The lowest BCUT2D eigenvalue weighted by Crippen LogP contribution is -2.30. The van der Waals surface area contributed by atoms with Crippen LogP contribution < -0.4 is 15.8 Å².